The van der Waals surface area contributed by atoms with Gasteiger partial charge in [-0.15, -0.1) is 5.10 Å². The zero-order chi connectivity index (χ0) is 15.1. The van der Waals surface area contributed by atoms with Crippen molar-refractivity contribution in [3.8, 4) is 0 Å². The first-order valence-electron chi connectivity index (χ1n) is 6.37. The maximum Gasteiger partial charge on any atom is 0.358 e. The van der Waals surface area contributed by atoms with Crippen LogP contribution in [0, 0.1) is 6.92 Å². The van der Waals surface area contributed by atoms with Gasteiger partial charge in [0.1, 0.15) is 0 Å². The first kappa shape index (κ1) is 14.2. The fourth-order valence-corrected chi connectivity index (χ4v) is 2.28. The third kappa shape index (κ3) is 2.56. The Bertz CT molecular complexity index is 648. The molecule has 7 nitrogen and oxygen atoms in total. The normalized spacial score (nSPS) is 11.8. The Morgan fingerprint density at radius 3 is 2.50 bits per heavy atom. The molecular weight excluding hydrogens is 258 g/mol. The Kier molecular flexibility index (Phi) is 3.37. The predicted octanol–water partition coefficient (Wildman–Crippen LogP) is 1.36. The van der Waals surface area contributed by atoms with Crippen molar-refractivity contribution in [1.82, 2.24) is 24.8 Å². The number of aryl methyl sites for hydroxylation is 2. The van der Waals surface area contributed by atoms with Gasteiger partial charge in [0.15, 0.2) is 5.69 Å². The van der Waals surface area contributed by atoms with Gasteiger partial charge in [-0.1, -0.05) is 26.0 Å². The van der Waals surface area contributed by atoms with Crippen LogP contribution in [0.1, 0.15) is 48.3 Å². The molecule has 2 heterocycles. The minimum absolute atomic E-state index is 0.0105. The molecule has 0 spiro atoms. The number of aromatic nitrogens is 5. The van der Waals surface area contributed by atoms with Crippen molar-refractivity contribution in [1.29, 1.82) is 0 Å². The van der Waals surface area contributed by atoms with E-state index in [0.717, 1.165) is 11.4 Å². The molecule has 108 valence electrons. The molecule has 0 aromatic carbocycles. The molecule has 0 radical (unpaired) electrons. The lowest BCUT2D eigenvalue weighted by Gasteiger charge is -2.20. The summed E-state index contributed by atoms with van der Waals surface area (Å²) in [7, 11) is 1.86. The summed E-state index contributed by atoms with van der Waals surface area (Å²) in [6.45, 7) is 8.21. The van der Waals surface area contributed by atoms with E-state index < -0.39 is 5.97 Å². The van der Waals surface area contributed by atoms with Crippen LogP contribution >= 0.6 is 0 Å². The highest BCUT2D eigenvalue weighted by molar-refractivity contribution is 5.86. The molecule has 2 aromatic rings. The van der Waals surface area contributed by atoms with Gasteiger partial charge in [0.05, 0.1) is 23.6 Å². The van der Waals surface area contributed by atoms with E-state index in [1.165, 1.54) is 0 Å². The van der Waals surface area contributed by atoms with Crippen LogP contribution in [0.25, 0.3) is 0 Å². The molecule has 1 N–H and O–H groups in total. The molecule has 2 aromatic heterocycles. The highest BCUT2D eigenvalue weighted by Crippen LogP contribution is 2.25. The van der Waals surface area contributed by atoms with Crippen LogP contribution in [0.5, 0.6) is 0 Å². The topological polar surface area (TPSA) is 85.8 Å². The molecule has 0 fully saturated rings. The lowest BCUT2D eigenvalue weighted by Crippen LogP contribution is -2.22. The third-order valence-corrected chi connectivity index (χ3v) is 3.06. The Balaban J connectivity index is 2.47. The number of aromatic carboxylic acids is 1. The van der Waals surface area contributed by atoms with Crippen molar-refractivity contribution in [2.24, 2.45) is 7.05 Å². The van der Waals surface area contributed by atoms with E-state index in [4.69, 9.17) is 0 Å². The predicted molar refractivity (Wildman–Crippen MR) is 72.7 cm³/mol. The van der Waals surface area contributed by atoms with Gasteiger partial charge in [-0.05, 0) is 13.0 Å². The lowest BCUT2D eigenvalue weighted by molar-refractivity contribution is 0.0687. The van der Waals surface area contributed by atoms with Crippen molar-refractivity contribution >= 4 is 5.97 Å². The van der Waals surface area contributed by atoms with Crippen LogP contribution in [0.4, 0.5) is 0 Å². The summed E-state index contributed by atoms with van der Waals surface area (Å²) in [4.78, 5) is 11.3. The minimum atomic E-state index is -1.05. The molecule has 7 heteroatoms. The summed E-state index contributed by atoms with van der Waals surface area (Å²) in [5.74, 6) is -1.05. The molecule has 0 atom stereocenters. The molecular formula is C13H19N5O2. The van der Waals surface area contributed by atoms with E-state index in [1.807, 2.05) is 40.8 Å². The van der Waals surface area contributed by atoms with E-state index in [0.29, 0.717) is 12.2 Å². The standard InChI is InChI=1S/C13H19N5O2/c1-8-6-9(17(5)15-8)7-18-11(13(2,3)4)10(12(19)20)14-16-18/h6H,7H2,1-5H3,(H,19,20). The highest BCUT2D eigenvalue weighted by atomic mass is 16.4. The number of rotatable bonds is 3. The lowest BCUT2D eigenvalue weighted by atomic mass is 9.90. The van der Waals surface area contributed by atoms with Gasteiger partial charge in [0.25, 0.3) is 0 Å². The highest BCUT2D eigenvalue weighted by Gasteiger charge is 2.29. The summed E-state index contributed by atoms with van der Waals surface area (Å²) in [6.07, 6.45) is 0. The SMILES string of the molecule is Cc1cc(Cn2nnc(C(=O)O)c2C(C)(C)C)n(C)n1. The number of carboxylic acids is 1. The molecule has 0 saturated carbocycles. The van der Waals surface area contributed by atoms with E-state index >= 15 is 0 Å². The van der Waals surface area contributed by atoms with Crippen LogP contribution in [-0.4, -0.2) is 35.9 Å². The van der Waals surface area contributed by atoms with E-state index in [1.54, 1.807) is 9.36 Å². The summed E-state index contributed by atoms with van der Waals surface area (Å²) in [6, 6.07) is 1.95. The maximum atomic E-state index is 11.3. The van der Waals surface area contributed by atoms with Gasteiger partial charge < -0.3 is 5.11 Å². The maximum absolute atomic E-state index is 11.3. The number of carboxylic acid groups (broad SMARTS) is 1. The molecule has 0 amide bonds. The second kappa shape index (κ2) is 4.73. The second-order valence-electron chi connectivity index (χ2n) is 5.90. The van der Waals surface area contributed by atoms with E-state index in [-0.39, 0.29) is 11.1 Å². The van der Waals surface area contributed by atoms with Gasteiger partial charge in [0, 0.05) is 12.5 Å². The molecule has 0 saturated heterocycles. The van der Waals surface area contributed by atoms with Gasteiger partial charge in [-0.3, -0.25) is 4.68 Å². The summed E-state index contributed by atoms with van der Waals surface area (Å²) < 4.78 is 3.41. The van der Waals surface area contributed by atoms with Gasteiger partial charge in [-0.25, -0.2) is 9.48 Å². The van der Waals surface area contributed by atoms with Crippen molar-refractivity contribution < 1.29 is 9.90 Å². The van der Waals surface area contributed by atoms with Crippen LogP contribution in [-0.2, 0) is 19.0 Å². The monoisotopic (exact) mass is 277 g/mol. The minimum Gasteiger partial charge on any atom is -0.476 e. The molecule has 20 heavy (non-hydrogen) atoms. The van der Waals surface area contributed by atoms with Crippen LogP contribution in [0.2, 0.25) is 0 Å². The van der Waals surface area contributed by atoms with Crippen LogP contribution in [0.3, 0.4) is 0 Å². The molecule has 0 unspecified atom stereocenters. The molecule has 0 aliphatic rings. The average Bonchev–Trinajstić information content (AvgIpc) is 2.83. The fraction of sp³-hybridized carbons (Fsp3) is 0.538. The van der Waals surface area contributed by atoms with E-state index in [2.05, 4.69) is 15.4 Å². The second-order valence-corrected chi connectivity index (χ2v) is 5.90. The largest absolute Gasteiger partial charge is 0.476 e. The fourth-order valence-electron chi connectivity index (χ4n) is 2.28. The van der Waals surface area contributed by atoms with Crippen molar-refractivity contribution in [2.45, 2.75) is 39.7 Å². The van der Waals surface area contributed by atoms with Gasteiger partial charge >= 0.3 is 5.97 Å². The zero-order valence-electron chi connectivity index (χ0n) is 12.4. The number of hydrogen-bond acceptors (Lipinski definition) is 4. The first-order chi connectivity index (χ1) is 9.20. The van der Waals surface area contributed by atoms with Crippen LogP contribution < -0.4 is 0 Å². The molecule has 0 bridgehead atoms. The Labute approximate surface area is 117 Å². The first-order valence-corrected chi connectivity index (χ1v) is 6.37. The molecule has 2 rings (SSSR count). The van der Waals surface area contributed by atoms with Crippen molar-refractivity contribution in [3.05, 3.63) is 28.8 Å². The van der Waals surface area contributed by atoms with E-state index in [9.17, 15) is 9.90 Å². The quantitative estimate of drug-likeness (QED) is 0.915. The van der Waals surface area contributed by atoms with Crippen LogP contribution in [0.15, 0.2) is 6.07 Å². The molecule has 0 aliphatic heterocycles. The Morgan fingerprint density at radius 2 is 2.05 bits per heavy atom. The summed E-state index contributed by atoms with van der Waals surface area (Å²) in [5.41, 5.74) is 2.14. The Morgan fingerprint density at radius 1 is 1.40 bits per heavy atom. The number of nitrogens with zero attached hydrogens (tertiary/aromatic N) is 5. The summed E-state index contributed by atoms with van der Waals surface area (Å²) in [5, 5.41) is 21.3. The zero-order valence-corrected chi connectivity index (χ0v) is 12.4. The Hall–Kier alpha value is -2.18. The smallest absolute Gasteiger partial charge is 0.358 e. The number of carbonyl (C=O) groups is 1. The average molecular weight is 277 g/mol. The van der Waals surface area contributed by atoms with Gasteiger partial charge in [-0.2, -0.15) is 5.10 Å². The van der Waals surface area contributed by atoms with Gasteiger partial charge in [0.2, 0.25) is 0 Å². The van der Waals surface area contributed by atoms with Crippen molar-refractivity contribution in [2.75, 3.05) is 0 Å². The summed E-state index contributed by atoms with van der Waals surface area (Å²) >= 11 is 0. The third-order valence-electron chi connectivity index (χ3n) is 3.06. The molecule has 0 aliphatic carbocycles. The van der Waals surface area contributed by atoms with Crippen molar-refractivity contribution in [3.63, 3.8) is 0 Å². The number of hydrogen-bond donors (Lipinski definition) is 1.